The molecule has 150 valence electrons. The molecule has 1 fully saturated rings. The van der Waals surface area contributed by atoms with Gasteiger partial charge in [-0.2, -0.15) is 0 Å². The molecule has 2 amide bonds. The molecule has 0 saturated carbocycles. The maximum atomic E-state index is 12.9. The average molecular weight is 405 g/mol. The summed E-state index contributed by atoms with van der Waals surface area (Å²) in [5, 5.41) is 13.2. The summed E-state index contributed by atoms with van der Waals surface area (Å²) in [4.78, 5) is 26.8. The third-order valence-electron chi connectivity index (χ3n) is 4.76. The Bertz CT molecular complexity index is 811. The van der Waals surface area contributed by atoms with E-state index in [1.807, 2.05) is 0 Å². The maximum Gasteiger partial charge on any atom is 0.286 e. The van der Waals surface area contributed by atoms with Crippen molar-refractivity contribution in [2.24, 2.45) is 0 Å². The summed E-state index contributed by atoms with van der Waals surface area (Å²) in [6.07, 6.45) is 4.64. The molecule has 1 saturated heterocycles. The van der Waals surface area contributed by atoms with Crippen LogP contribution < -0.4 is 10.6 Å². The maximum absolute atomic E-state index is 12.9. The zero-order valence-corrected chi connectivity index (χ0v) is 16.6. The van der Waals surface area contributed by atoms with Crippen molar-refractivity contribution in [1.82, 2.24) is 20.4 Å². The molecule has 0 aliphatic carbocycles. The molecule has 3 rings (SSSR count). The highest BCUT2D eigenvalue weighted by Crippen LogP contribution is 2.16. The lowest BCUT2D eigenvalue weighted by Gasteiger charge is -2.33. The second kappa shape index (κ2) is 9.70. The normalized spacial score (nSPS) is 17.3. The van der Waals surface area contributed by atoms with Crippen molar-refractivity contribution in [3.05, 3.63) is 40.1 Å². The highest BCUT2D eigenvalue weighted by Gasteiger charge is 2.19. The second-order valence-corrected chi connectivity index (χ2v) is 7.84. The molecule has 1 atom stereocenters. The summed E-state index contributed by atoms with van der Waals surface area (Å²) in [5.74, 6) is -1.20. The largest absolute Gasteiger partial charge is 0.350 e. The molecule has 0 unspecified atom stereocenters. The summed E-state index contributed by atoms with van der Waals surface area (Å²) >= 11 is 0.927. The Hall–Kier alpha value is -2.39. The van der Waals surface area contributed by atoms with E-state index in [9.17, 15) is 14.0 Å². The fraction of sp³-hybridized carbons (Fsp3) is 0.474. The number of anilines is 1. The first-order valence-electron chi connectivity index (χ1n) is 9.45. The molecular formula is C19H24FN5O2S. The van der Waals surface area contributed by atoms with Gasteiger partial charge in [-0.1, -0.05) is 17.8 Å². The van der Waals surface area contributed by atoms with E-state index in [1.54, 1.807) is 0 Å². The van der Waals surface area contributed by atoms with Crippen LogP contribution in [0.2, 0.25) is 0 Å². The van der Waals surface area contributed by atoms with Gasteiger partial charge in [0.25, 0.3) is 11.8 Å². The van der Waals surface area contributed by atoms with Gasteiger partial charge in [0, 0.05) is 24.8 Å². The molecule has 0 radical (unpaired) electrons. The molecule has 2 N–H and O–H groups in total. The van der Waals surface area contributed by atoms with Gasteiger partial charge < -0.3 is 15.5 Å². The monoisotopic (exact) mass is 405 g/mol. The molecule has 2 heterocycles. The van der Waals surface area contributed by atoms with E-state index in [2.05, 4.69) is 32.7 Å². The molecule has 1 aromatic carbocycles. The first kappa shape index (κ1) is 20.3. The molecule has 9 heteroatoms. The van der Waals surface area contributed by atoms with Crippen LogP contribution in [0, 0.1) is 5.82 Å². The predicted octanol–water partition coefficient (Wildman–Crippen LogP) is 2.92. The Morgan fingerprint density at radius 2 is 1.89 bits per heavy atom. The van der Waals surface area contributed by atoms with Gasteiger partial charge in [0.15, 0.2) is 0 Å². The number of nitrogens with zero attached hydrogens (tertiary/aromatic N) is 3. The Labute approximate surface area is 167 Å². The number of hydrogen-bond donors (Lipinski definition) is 2. The predicted molar refractivity (Wildman–Crippen MR) is 106 cm³/mol. The van der Waals surface area contributed by atoms with Crippen LogP contribution in [0.5, 0.6) is 0 Å². The van der Waals surface area contributed by atoms with Crippen molar-refractivity contribution >= 4 is 28.8 Å². The number of benzene rings is 1. The molecule has 0 bridgehead atoms. The standard InChI is InChI=1S/C19H24FN5O2S/c1-13-5-2-3-11-25(13)12-4-10-21-16(26)18-23-24-19(28-18)17(27)22-15-8-6-14(20)7-9-15/h6-9,13H,2-5,10-12H2,1H3,(H,21,26)(H,22,27)/t13-/m0/s1. The number of carbonyl (C=O) groups excluding carboxylic acids is 2. The topological polar surface area (TPSA) is 87.2 Å². The summed E-state index contributed by atoms with van der Waals surface area (Å²) in [6, 6.07) is 6.00. The number of piperidine rings is 1. The Morgan fingerprint density at radius 1 is 1.18 bits per heavy atom. The Morgan fingerprint density at radius 3 is 2.61 bits per heavy atom. The second-order valence-electron chi connectivity index (χ2n) is 6.86. The highest BCUT2D eigenvalue weighted by molar-refractivity contribution is 7.15. The van der Waals surface area contributed by atoms with Crippen LogP contribution in [0.4, 0.5) is 10.1 Å². The molecule has 1 aromatic heterocycles. The van der Waals surface area contributed by atoms with E-state index in [-0.39, 0.29) is 21.7 Å². The summed E-state index contributed by atoms with van der Waals surface area (Å²) in [7, 11) is 0. The fourth-order valence-electron chi connectivity index (χ4n) is 3.17. The Kier molecular flexibility index (Phi) is 7.05. The number of amides is 2. The van der Waals surface area contributed by atoms with Crippen molar-refractivity contribution in [1.29, 1.82) is 0 Å². The van der Waals surface area contributed by atoms with E-state index in [4.69, 9.17) is 0 Å². The van der Waals surface area contributed by atoms with E-state index in [0.717, 1.165) is 30.8 Å². The van der Waals surface area contributed by atoms with Crippen molar-refractivity contribution in [2.75, 3.05) is 25.0 Å². The minimum Gasteiger partial charge on any atom is -0.350 e. The molecule has 28 heavy (non-hydrogen) atoms. The van der Waals surface area contributed by atoms with Crippen LogP contribution in [-0.4, -0.2) is 52.6 Å². The first-order valence-corrected chi connectivity index (χ1v) is 10.3. The highest BCUT2D eigenvalue weighted by atomic mass is 32.1. The number of nitrogens with one attached hydrogen (secondary N) is 2. The van der Waals surface area contributed by atoms with Crippen LogP contribution in [0.25, 0.3) is 0 Å². The molecule has 1 aliphatic heterocycles. The van der Waals surface area contributed by atoms with Gasteiger partial charge in [0.1, 0.15) is 5.82 Å². The van der Waals surface area contributed by atoms with Crippen LogP contribution in [0.1, 0.15) is 52.2 Å². The lowest BCUT2D eigenvalue weighted by atomic mass is 10.0. The smallest absolute Gasteiger partial charge is 0.286 e. The van der Waals surface area contributed by atoms with Crippen molar-refractivity contribution < 1.29 is 14.0 Å². The lowest BCUT2D eigenvalue weighted by Crippen LogP contribution is -2.39. The van der Waals surface area contributed by atoms with Gasteiger partial charge in [0.05, 0.1) is 0 Å². The number of likely N-dealkylation sites (tertiary alicyclic amines) is 1. The van der Waals surface area contributed by atoms with Gasteiger partial charge in [-0.3, -0.25) is 9.59 Å². The van der Waals surface area contributed by atoms with Gasteiger partial charge in [-0.15, -0.1) is 10.2 Å². The fourth-order valence-corrected chi connectivity index (χ4v) is 3.83. The van der Waals surface area contributed by atoms with Crippen LogP contribution >= 0.6 is 11.3 Å². The zero-order chi connectivity index (χ0) is 19.9. The van der Waals surface area contributed by atoms with E-state index >= 15 is 0 Å². The molecule has 7 nitrogen and oxygen atoms in total. The minimum absolute atomic E-state index is 0.0802. The molecule has 1 aliphatic rings. The number of hydrogen-bond acceptors (Lipinski definition) is 6. The molecule has 0 spiro atoms. The third kappa shape index (κ3) is 5.56. The summed E-state index contributed by atoms with van der Waals surface area (Å²) < 4.78 is 12.9. The summed E-state index contributed by atoms with van der Waals surface area (Å²) in [5.41, 5.74) is 0.444. The van der Waals surface area contributed by atoms with Crippen molar-refractivity contribution in [3.63, 3.8) is 0 Å². The minimum atomic E-state index is -0.484. The van der Waals surface area contributed by atoms with Gasteiger partial charge >= 0.3 is 0 Å². The Balaban J connectivity index is 1.44. The van der Waals surface area contributed by atoms with Crippen LogP contribution in [-0.2, 0) is 0 Å². The molecular weight excluding hydrogens is 381 g/mol. The number of rotatable bonds is 7. The van der Waals surface area contributed by atoms with E-state index in [1.165, 1.54) is 43.5 Å². The average Bonchev–Trinajstić information content (AvgIpc) is 3.19. The summed E-state index contributed by atoms with van der Waals surface area (Å²) in [6.45, 7) is 4.89. The van der Waals surface area contributed by atoms with E-state index < -0.39 is 5.91 Å². The van der Waals surface area contributed by atoms with Gasteiger partial charge in [0.2, 0.25) is 10.0 Å². The molecule has 2 aromatic rings. The number of carbonyl (C=O) groups is 2. The van der Waals surface area contributed by atoms with Gasteiger partial charge in [-0.25, -0.2) is 4.39 Å². The lowest BCUT2D eigenvalue weighted by molar-refractivity contribution is 0.0946. The van der Waals surface area contributed by atoms with Crippen LogP contribution in [0.3, 0.4) is 0 Å². The van der Waals surface area contributed by atoms with Crippen molar-refractivity contribution in [3.8, 4) is 0 Å². The zero-order valence-electron chi connectivity index (χ0n) is 15.8. The SMILES string of the molecule is C[C@H]1CCCCN1CCCNC(=O)c1nnc(C(=O)Nc2ccc(F)cc2)s1. The van der Waals surface area contributed by atoms with Gasteiger partial charge in [-0.05, 0) is 57.0 Å². The number of aromatic nitrogens is 2. The first-order chi connectivity index (χ1) is 13.5. The quantitative estimate of drug-likeness (QED) is 0.692. The van der Waals surface area contributed by atoms with Crippen LogP contribution in [0.15, 0.2) is 24.3 Å². The van der Waals surface area contributed by atoms with Crippen molar-refractivity contribution in [2.45, 2.75) is 38.6 Å². The third-order valence-corrected chi connectivity index (χ3v) is 5.68. The number of halogens is 1. The van der Waals surface area contributed by atoms with E-state index in [0.29, 0.717) is 18.3 Å².